The highest BCUT2D eigenvalue weighted by atomic mass is 19.1. The minimum absolute atomic E-state index is 0.0897. The molecule has 1 N–H and O–H groups in total. The van der Waals surface area contributed by atoms with Gasteiger partial charge in [-0.2, -0.15) is 0 Å². The van der Waals surface area contributed by atoms with Crippen LogP contribution in [0, 0.1) is 17.7 Å². The molecule has 0 spiro atoms. The summed E-state index contributed by atoms with van der Waals surface area (Å²) < 4.78 is 18.7. The van der Waals surface area contributed by atoms with Crippen molar-refractivity contribution in [2.24, 2.45) is 11.8 Å². The van der Waals surface area contributed by atoms with E-state index in [1.165, 1.54) is 0 Å². The lowest BCUT2D eigenvalue weighted by atomic mass is 9.90. The molecule has 0 heterocycles. The SMILES string of the molecule is COCCNCC(Cc1ccccc1F)CC(C)C. The molecular formula is C16H26FNO. The van der Waals surface area contributed by atoms with Crippen LogP contribution >= 0.6 is 0 Å². The average molecular weight is 267 g/mol. The number of ether oxygens (including phenoxy) is 1. The lowest BCUT2D eigenvalue weighted by Crippen LogP contribution is -2.28. The summed E-state index contributed by atoms with van der Waals surface area (Å²) in [5, 5.41) is 3.38. The predicted octanol–water partition coefficient (Wildman–Crippen LogP) is 3.27. The maximum absolute atomic E-state index is 13.7. The van der Waals surface area contributed by atoms with E-state index < -0.39 is 0 Å². The van der Waals surface area contributed by atoms with Crippen LogP contribution in [0.2, 0.25) is 0 Å². The van der Waals surface area contributed by atoms with Crippen molar-refractivity contribution in [1.29, 1.82) is 0 Å². The Morgan fingerprint density at radius 2 is 2.00 bits per heavy atom. The largest absolute Gasteiger partial charge is 0.383 e. The maximum Gasteiger partial charge on any atom is 0.126 e. The standard InChI is InChI=1S/C16H26FNO/c1-13(2)10-14(12-18-8-9-19-3)11-15-6-4-5-7-16(15)17/h4-7,13-14,18H,8-12H2,1-3H3. The Bertz CT molecular complexity index is 354. The fourth-order valence-electron chi connectivity index (χ4n) is 2.36. The van der Waals surface area contributed by atoms with Crippen LogP contribution in [0.15, 0.2) is 24.3 Å². The molecule has 108 valence electrons. The van der Waals surface area contributed by atoms with Gasteiger partial charge in [0.05, 0.1) is 6.61 Å². The highest BCUT2D eigenvalue weighted by Gasteiger charge is 2.13. The Balaban J connectivity index is 2.51. The van der Waals surface area contributed by atoms with Gasteiger partial charge in [0.1, 0.15) is 5.82 Å². The van der Waals surface area contributed by atoms with Crippen LogP contribution < -0.4 is 5.32 Å². The molecule has 0 saturated carbocycles. The van der Waals surface area contributed by atoms with E-state index in [0.29, 0.717) is 18.4 Å². The van der Waals surface area contributed by atoms with Crippen molar-refractivity contribution in [3.05, 3.63) is 35.6 Å². The molecule has 0 radical (unpaired) electrons. The Kier molecular flexibility index (Phi) is 7.68. The van der Waals surface area contributed by atoms with Crippen molar-refractivity contribution in [3.8, 4) is 0 Å². The van der Waals surface area contributed by atoms with Gasteiger partial charge in [-0.1, -0.05) is 32.0 Å². The minimum Gasteiger partial charge on any atom is -0.383 e. The molecule has 2 nitrogen and oxygen atoms in total. The van der Waals surface area contributed by atoms with Gasteiger partial charge in [-0.3, -0.25) is 0 Å². The molecule has 0 fully saturated rings. The van der Waals surface area contributed by atoms with Crippen LogP contribution in [0.5, 0.6) is 0 Å². The third kappa shape index (κ3) is 6.69. The highest BCUT2D eigenvalue weighted by molar-refractivity contribution is 5.17. The second kappa shape index (κ2) is 9.05. The molecule has 0 amide bonds. The van der Waals surface area contributed by atoms with E-state index in [1.807, 2.05) is 12.1 Å². The van der Waals surface area contributed by atoms with Gasteiger partial charge >= 0.3 is 0 Å². The van der Waals surface area contributed by atoms with Gasteiger partial charge in [0.2, 0.25) is 0 Å². The second-order valence-corrected chi connectivity index (χ2v) is 5.49. The highest BCUT2D eigenvalue weighted by Crippen LogP contribution is 2.18. The average Bonchev–Trinajstić information content (AvgIpc) is 2.36. The first-order valence-corrected chi connectivity index (χ1v) is 7.06. The van der Waals surface area contributed by atoms with E-state index >= 15 is 0 Å². The van der Waals surface area contributed by atoms with Crippen LogP contribution in [-0.2, 0) is 11.2 Å². The monoisotopic (exact) mass is 267 g/mol. The Labute approximate surface area is 116 Å². The first-order chi connectivity index (χ1) is 9.13. The predicted molar refractivity (Wildman–Crippen MR) is 77.8 cm³/mol. The topological polar surface area (TPSA) is 21.3 Å². The van der Waals surface area contributed by atoms with Crippen molar-refractivity contribution < 1.29 is 9.13 Å². The van der Waals surface area contributed by atoms with Gasteiger partial charge in [0.15, 0.2) is 0 Å². The Morgan fingerprint density at radius 3 is 2.63 bits per heavy atom. The van der Waals surface area contributed by atoms with Gasteiger partial charge < -0.3 is 10.1 Å². The number of hydrogen-bond donors (Lipinski definition) is 1. The van der Waals surface area contributed by atoms with Crippen molar-refractivity contribution >= 4 is 0 Å². The molecule has 1 aromatic carbocycles. The molecule has 1 atom stereocenters. The molecule has 1 aromatic rings. The molecular weight excluding hydrogens is 241 g/mol. The summed E-state index contributed by atoms with van der Waals surface area (Å²) in [6.45, 7) is 6.90. The number of methoxy groups -OCH3 is 1. The summed E-state index contributed by atoms with van der Waals surface area (Å²) in [5.74, 6) is 1.00. The van der Waals surface area contributed by atoms with Gasteiger partial charge in [-0.25, -0.2) is 4.39 Å². The summed E-state index contributed by atoms with van der Waals surface area (Å²) >= 11 is 0. The van der Waals surface area contributed by atoms with Crippen molar-refractivity contribution in [1.82, 2.24) is 5.32 Å². The van der Waals surface area contributed by atoms with E-state index in [0.717, 1.165) is 31.5 Å². The molecule has 0 aliphatic heterocycles. The smallest absolute Gasteiger partial charge is 0.126 e. The van der Waals surface area contributed by atoms with E-state index in [4.69, 9.17) is 4.74 Å². The van der Waals surface area contributed by atoms with Crippen LogP contribution in [0.4, 0.5) is 4.39 Å². The molecule has 1 rings (SSSR count). The van der Waals surface area contributed by atoms with Gasteiger partial charge in [-0.15, -0.1) is 0 Å². The van der Waals surface area contributed by atoms with Crippen LogP contribution in [0.25, 0.3) is 0 Å². The zero-order chi connectivity index (χ0) is 14.1. The van der Waals surface area contributed by atoms with Gasteiger partial charge in [0, 0.05) is 13.7 Å². The zero-order valence-corrected chi connectivity index (χ0v) is 12.3. The molecule has 0 aromatic heterocycles. The van der Waals surface area contributed by atoms with Gasteiger partial charge in [-0.05, 0) is 42.9 Å². The van der Waals surface area contributed by atoms with Crippen LogP contribution in [-0.4, -0.2) is 26.8 Å². The first kappa shape index (κ1) is 16.1. The second-order valence-electron chi connectivity index (χ2n) is 5.49. The number of rotatable bonds is 9. The number of benzene rings is 1. The zero-order valence-electron chi connectivity index (χ0n) is 12.3. The molecule has 1 unspecified atom stereocenters. The summed E-state index contributed by atoms with van der Waals surface area (Å²) in [4.78, 5) is 0. The van der Waals surface area contributed by atoms with Crippen molar-refractivity contribution in [3.63, 3.8) is 0 Å². The fraction of sp³-hybridized carbons (Fsp3) is 0.625. The summed E-state index contributed by atoms with van der Waals surface area (Å²) in [6.07, 6.45) is 1.90. The summed E-state index contributed by atoms with van der Waals surface area (Å²) in [6, 6.07) is 7.08. The fourth-order valence-corrected chi connectivity index (χ4v) is 2.36. The molecule has 0 saturated heterocycles. The van der Waals surface area contributed by atoms with E-state index in [-0.39, 0.29) is 5.82 Å². The Hall–Kier alpha value is -0.930. The summed E-state index contributed by atoms with van der Waals surface area (Å²) in [7, 11) is 1.70. The Morgan fingerprint density at radius 1 is 1.26 bits per heavy atom. The maximum atomic E-state index is 13.7. The quantitative estimate of drug-likeness (QED) is 0.693. The lowest BCUT2D eigenvalue weighted by Gasteiger charge is -2.20. The van der Waals surface area contributed by atoms with E-state index in [1.54, 1.807) is 19.2 Å². The summed E-state index contributed by atoms with van der Waals surface area (Å²) in [5.41, 5.74) is 0.821. The third-order valence-electron chi connectivity index (χ3n) is 3.19. The van der Waals surface area contributed by atoms with Crippen molar-refractivity contribution in [2.45, 2.75) is 26.7 Å². The number of halogens is 1. The first-order valence-electron chi connectivity index (χ1n) is 7.06. The number of nitrogens with one attached hydrogen (secondary N) is 1. The lowest BCUT2D eigenvalue weighted by molar-refractivity contribution is 0.197. The molecule has 0 bridgehead atoms. The van der Waals surface area contributed by atoms with Crippen molar-refractivity contribution in [2.75, 3.05) is 26.8 Å². The van der Waals surface area contributed by atoms with E-state index in [2.05, 4.69) is 19.2 Å². The van der Waals surface area contributed by atoms with Crippen LogP contribution in [0.1, 0.15) is 25.8 Å². The molecule has 19 heavy (non-hydrogen) atoms. The van der Waals surface area contributed by atoms with E-state index in [9.17, 15) is 4.39 Å². The molecule has 0 aliphatic carbocycles. The number of hydrogen-bond acceptors (Lipinski definition) is 2. The third-order valence-corrected chi connectivity index (χ3v) is 3.19. The molecule has 0 aliphatic rings. The molecule has 3 heteroatoms. The van der Waals surface area contributed by atoms with Crippen LogP contribution in [0.3, 0.4) is 0 Å². The normalized spacial score (nSPS) is 12.9. The van der Waals surface area contributed by atoms with Gasteiger partial charge in [0.25, 0.3) is 0 Å². The minimum atomic E-state index is -0.0897.